The van der Waals surface area contributed by atoms with Crippen LogP contribution in [-0.4, -0.2) is 108 Å². The Balaban J connectivity index is 0.00000193. The first kappa shape index (κ1) is 53.4. The second-order valence-corrected chi connectivity index (χ2v) is 19.7. The molecule has 0 fully saturated rings. The third-order valence-corrected chi connectivity index (χ3v) is 14.0. The fraction of sp³-hybridized carbons (Fsp3) is 0.293. The Hall–Kier alpha value is -5.91. The van der Waals surface area contributed by atoms with Crippen molar-refractivity contribution in [1.82, 2.24) is 24.9 Å². The van der Waals surface area contributed by atoms with Crippen LogP contribution in [0.15, 0.2) is 85.1 Å². The predicted molar refractivity (Wildman–Crippen MR) is 274 cm³/mol. The molecule has 0 aliphatic carbocycles. The molecule has 0 saturated carbocycles. The van der Waals surface area contributed by atoms with Crippen LogP contribution >= 0.6 is 57.6 Å². The lowest BCUT2D eigenvalue weighted by atomic mass is 10.2. The third kappa shape index (κ3) is 13.5. The van der Waals surface area contributed by atoms with Gasteiger partial charge in [0, 0.05) is 49.1 Å². The molecule has 0 bridgehead atoms. The van der Waals surface area contributed by atoms with Gasteiger partial charge in [-0.3, -0.25) is 4.55 Å². The van der Waals surface area contributed by atoms with Gasteiger partial charge < -0.3 is 35.0 Å². The van der Waals surface area contributed by atoms with E-state index in [1.807, 2.05) is 52.0 Å². The Bertz CT molecular complexity index is 3300. The summed E-state index contributed by atoms with van der Waals surface area (Å²) < 4.78 is 71.9. The first-order chi connectivity index (χ1) is 33.5. The van der Waals surface area contributed by atoms with E-state index in [9.17, 15) is 18.1 Å². The fourth-order valence-electron chi connectivity index (χ4n) is 6.62. The summed E-state index contributed by atoms with van der Waals surface area (Å²) in [6.07, 6.45) is 0. The summed E-state index contributed by atoms with van der Waals surface area (Å²) in [5.41, 5.74) is 4.22. The van der Waals surface area contributed by atoms with E-state index in [0.717, 1.165) is 32.9 Å². The van der Waals surface area contributed by atoms with Crippen molar-refractivity contribution in [2.45, 2.75) is 37.7 Å². The zero-order valence-corrected chi connectivity index (χ0v) is 43.5. The molecule has 0 spiro atoms. The topological polar surface area (TPSA) is 289 Å². The summed E-state index contributed by atoms with van der Waals surface area (Å²) in [4.78, 5) is 27.0. The van der Waals surface area contributed by atoms with E-state index < -0.39 is 25.6 Å². The van der Waals surface area contributed by atoms with Crippen LogP contribution in [0.2, 0.25) is 10.0 Å². The first-order valence-electron chi connectivity index (χ1n) is 20.7. The van der Waals surface area contributed by atoms with Gasteiger partial charge in [-0.2, -0.15) is 23.4 Å². The van der Waals surface area contributed by atoms with E-state index in [0.29, 0.717) is 86.2 Å². The molecule has 29 heteroatoms. The maximum Gasteiger partial charge on any atom is 0.425 e. The summed E-state index contributed by atoms with van der Waals surface area (Å²) >= 11 is 16.1. The van der Waals surface area contributed by atoms with Crippen molar-refractivity contribution >= 4 is 155 Å². The summed E-state index contributed by atoms with van der Waals surface area (Å²) in [7, 11) is -4.55. The number of aliphatic hydroxyl groups excluding tert-OH is 1. The molecule has 3 heterocycles. The molecule has 0 radical (unpaired) electrons. The van der Waals surface area contributed by atoms with Gasteiger partial charge in [0.1, 0.15) is 27.8 Å². The molecule has 7 aromatic rings. The molecule has 0 aliphatic rings. The third-order valence-electron chi connectivity index (χ3n) is 9.77. The van der Waals surface area contributed by atoms with Gasteiger partial charge in [0.25, 0.3) is 10.1 Å². The molecule has 4 aromatic carbocycles. The van der Waals surface area contributed by atoms with Crippen molar-refractivity contribution < 1.29 is 40.2 Å². The van der Waals surface area contributed by atoms with Crippen LogP contribution in [0.1, 0.15) is 27.7 Å². The number of anilines is 6. The number of azo groups is 2. The van der Waals surface area contributed by atoms with Gasteiger partial charge >= 0.3 is 10.6 Å². The summed E-state index contributed by atoms with van der Waals surface area (Å²) in [5.74, 6) is 1.67. The van der Waals surface area contributed by atoms with Gasteiger partial charge in [0.15, 0.2) is 5.16 Å². The van der Waals surface area contributed by atoms with E-state index >= 15 is 0 Å². The van der Waals surface area contributed by atoms with Crippen molar-refractivity contribution in [2.75, 3.05) is 73.2 Å². The Kier molecular flexibility index (Phi) is 18.5. The van der Waals surface area contributed by atoms with Crippen LogP contribution in [0.5, 0.6) is 11.5 Å². The average Bonchev–Trinajstić information content (AvgIpc) is 3.92. The van der Waals surface area contributed by atoms with E-state index in [2.05, 4.69) is 50.9 Å². The minimum atomic E-state index is -4.59. The number of fused-ring (bicyclic) bond motifs is 2. The number of aliphatic hydroxyl groups is 1. The number of nitrogens with one attached hydrogen (secondary N) is 2. The van der Waals surface area contributed by atoms with E-state index in [-0.39, 0.29) is 34.2 Å². The van der Waals surface area contributed by atoms with E-state index in [4.69, 9.17) is 60.3 Å². The molecule has 7 rings (SSSR count). The van der Waals surface area contributed by atoms with Crippen LogP contribution < -0.4 is 29.9 Å². The molecule has 0 unspecified atom stereocenters. The normalized spacial score (nSPS) is 11.6. The molecule has 70 heavy (non-hydrogen) atoms. The van der Waals surface area contributed by atoms with Gasteiger partial charge in [0.2, 0.25) is 22.2 Å². The van der Waals surface area contributed by atoms with Gasteiger partial charge in [-0.25, -0.2) is 9.97 Å². The molecule has 22 nitrogen and oxygen atoms in total. The molecule has 0 saturated heterocycles. The van der Waals surface area contributed by atoms with Crippen molar-refractivity contribution in [3.05, 3.63) is 64.6 Å². The van der Waals surface area contributed by atoms with Gasteiger partial charge in [-0.1, -0.05) is 57.6 Å². The lowest BCUT2D eigenvalue weighted by Gasteiger charge is -2.25. The Morgan fingerprint density at radius 3 is 1.64 bits per heavy atom. The van der Waals surface area contributed by atoms with Crippen molar-refractivity contribution in [3.63, 3.8) is 0 Å². The summed E-state index contributed by atoms with van der Waals surface area (Å²) in [6.45, 7) is 10.8. The van der Waals surface area contributed by atoms with Crippen LogP contribution in [0.4, 0.5) is 56.3 Å². The lowest BCUT2D eigenvalue weighted by Crippen LogP contribution is -2.22. The van der Waals surface area contributed by atoms with Crippen LogP contribution in [-0.2, 0) is 20.7 Å². The predicted octanol–water partition coefficient (Wildman–Crippen LogP) is 10.8. The SMILES string of the molecule is CCN(CC)c1cc(Nc2nc(Nc3cc(N(CC)CC)c(OC)cc3N=Nc3nc4cc(S(=O)(=O)O)c(Cl)cc4s3)nc(SCCO)n2)c(N=Nc2nc3ccc(Cl)cc3s2)cc1OC.O=S(=O)=O. The zero-order valence-electron chi connectivity index (χ0n) is 37.9. The maximum absolute atomic E-state index is 11.9. The van der Waals surface area contributed by atoms with Crippen molar-refractivity contribution in [3.8, 4) is 11.5 Å². The number of rotatable bonds is 20. The zero-order chi connectivity index (χ0) is 50.7. The average molecular weight is 1090 g/mol. The highest BCUT2D eigenvalue weighted by molar-refractivity contribution is 7.99. The number of ether oxygens (including phenoxy) is 2. The number of hydrogen-bond acceptors (Lipinski definition) is 24. The number of nitrogens with zero attached hydrogens (tertiary/aromatic N) is 11. The summed E-state index contributed by atoms with van der Waals surface area (Å²) in [5, 5.41) is 35.9. The molecule has 0 atom stereocenters. The first-order valence-corrected chi connectivity index (χ1v) is 26.5. The molecular formula is C41H43Cl2N13O9S5. The molecule has 0 aliphatic heterocycles. The van der Waals surface area contributed by atoms with Gasteiger partial charge in [0.05, 0.1) is 69.0 Å². The maximum atomic E-state index is 11.9. The standard InChI is InChI=1S/C41H43Cl2N13O6S4.O3S/c1-7-55(8-2)30-17-25(27(19-32(30)61-5)51-53-40-46-24-12-11-22(42)15-34(24)64-40)44-37-48-38(50-39(49-37)63-14-13-57)45-26-18-31(56(9-3)10-4)33(62-6)20-28(26)52-54-41-47-29-21-36(66(58,59)60)23(43)16-35(29)65-41;1-4(2)3/h11-12,15-21,57H,7-10,13-14H2,1-6H3,(H,58,59,60)(H2,44,45,48,49,50);. The number of methoxy groups -OCH3 is 2. The Labute approximate surface area is 425 Å². The number of thioether (sulfide) groups is 1. The van der Waals surface area contributed by atoms with Crippen LogP contribution in [0.3, 0.4) is 0 Å². The largest absolute Gasteiger partial charge is 0.494 e. The molecule has 4 N–H and O–H groups in total. The number of halogens is 2. The molecule has 370 valence electrons. The van der Waals surface area contributed by atoms with E-state index in [1.54, 1.807) is 32.4 Å². The number of aromatic nitrogens is 5. The second-order valence-electron chi connectivity index (χ2n) is 13.9. The molecule has 3 aromatic heterocycles. The van der Waals surface area contributed by atoms with Crippen LogP contribution in [0, 0.1) is 0 Å². The van der Waals surface area contributed by atoms with Crippen molar-refractivity contribution in [1.29, 1.82) is 0 Å². The molecule has 0 amide bonds. The highest BCUT2D eigenvalue weighted by Gasteiger charge is 2.21. The van der Waals surface area contributed by atoms with Gasteiger partial charge in [-0.15, -0.1) is 33.1 Å². The number of thiazole rings is 2. The minimum Gasteiger partial charge on any atom is -0.494 e. The number of benzene rings is 4. The minimum absolute atomic E-state index is 0.124. The monoisotopic (exact) mass is 1090 g/mol. The fourth-order valence-corrected chi connectivity index (χ4v) is 10.2. The quantitative estimate of drug-likeness (QED) is 0.0313. The van der Waals surface area contributed by atoms with Crippen molar-refractivity contribution in [2.24, 2.45) is 20.5 Å². The smallest absolute Gasteiger partial charge is 0.425 e. The highest BCUT2D eigenvalue weighted by atomic mass is 35.5. The Morgan fingerprint density at radius 1 is 0.700 bits per heavy atom. The Morgan fingerprint density at radius 2 is 1.19 bits per heavy atom. The van der Waals surface area contributed by atoms with Gasteiger partial charge in [-0.05, 0) is 70.2 Å². The highest BCUT2D eigenvalue weighted by Crippen LogP contribution is 2.44. The number of hydrogen-bond donors (Lipinski definition) is 4. The van der Waals surface area contributed by atoms with Crippen LogP contribution in [0.25, 0.3) is 20.4 Å². The lowest BCUT2D eigenvalue weighted by molar-refractivity contribution is 0.322. The molecular weight excluding hydrogens is 1050 g/mol. The second kappa shape index (κ2) is 24.3. The van der Waals surface area contributed by atoms with E-state index in [1.165, 1.54) is 35.2 Å². The summed E-state index contributed by atoms with van der Waals surface area (Å²) in [6, 6.07) is 15.2.